The maximum atomic E-state index is 12.7. The first-order chi connectivity index (χ1) is 13.3. The maximum Gasteiger partial charge on any atom is 0.240 e. The summed E-state index contributed by atoms with van der Waals surface area (Å²) in [5.41, 5.74) is 3.72. The van der Waals surface area contributed by atoms with Gasteiger partial charge in [-0.15, -0.1) is 0 Å². The highest BCUT2D eigenvalue weighted by atomic mass is 16.2. The van der Waals surface area contributed by atoms with Gasteiger partial charge in [0.05, 0.1) is 6.04 Å². The Morgan fingerprint density at radius 1 is 1.04 bits per heavy atom. The molecule has 138 valence electrons. The van der Waals surface area contributed by atoms with E-state index in [-0.39, 0.29) is 12.0 Å². The lowest BCUT2D eigenvalue weighted by Gasteiger charge is -2.21. The van der Waals surface area contributed by atoms with Crippen molar-refractivity contribution >= 4 is 16.8 Å². The first-order valence-electron chi connectivity index (χ1n) is 9.96. The lowest BCUT2D eigenvalue weighted by atomic mass is 9.90. The first kappa shape index (κ1) is 16.6. The molecule has 0 spiro atoms. The molecule has 2 N–H and O–H groups in total. The molecule has 0 bridgehead atoms. The number of amides is 1. The van der Waals surface area contributed by atoms with Crippen molar-refractivity contribution in [3.05, 3.63) is 71.9 Å². The van der Waals surface area contributed by atoms with Gasteiger partial charge < -0.3 is 15.2 Å². The third-order valence-corrected chi connectivity index (χ3v) is 5.99. The summed E-state index contributed by atoms with van der Waals surface area (Å²) < 4.78 is 0. The third kappa shape index (κ3) is 3.15. The van der Waals surface area contributed by atoms with Crippen LogP contribution >= 0.6 is 0 Å². The van der Waals surface area contributed by atoms with E-state index in [2.05, 4.69) is 76.0 Å². The Kier molecular flexibility index (Phi) is 4.21. The van der Waals surface area contributed by atoms with E-state index in [9.17, 15) is 4.79 Å². The quantitative estimate of drug-likeness (QED) is 0.706. The summed E-state index contributed by atoms with van der Waals surface area (Å²) >= 11 is 0. The summed E-state index contributed by atoms with van der Waals surface area (Å²) in [5.74, 6) is 0.508. The van der Waals surface area contributed by atoms with E-state index in [1.54, 1.807) is 0 Å². The Balaban J connectivity index is 1.40. The summed E-state index contributed by atoms with van der Waals surface area (Å²) in [6, 6.07) is 19.5. The van der Waals surface area contributed by atoms with E-state index >= 15 is 0 Å². The van der Waals surface area contributed by atoms with Crippen molar-refractivity contribution < 1.29 is 4.79 Å². The van der Waals surface area contributed by atoms with Crippen molar-refractivity contribution in [1.82, 2.24) is 15.2 Å². The van der Waals surface area contributed by atoms with E-state index in [0.29, 0.717) is 11.9 Å². The number of H-pyrrole nitrogens is 1. The summed E-state index contributed by atoms with van der Waals surface area (Å²) in [4.78, 5) is 18.2. The molecule has 1 aliphatic heterocycles. The summed E-state index contributed by atoms with van der Waals surface area (Å²) in [5, 5.41) is 4.85. The standard InChI is InChI=1S/C23H25N3O/c27-23-22(12-13-26(23)17-10-11-17)25-14-19(16-6-2-1-3-7-16)20-15-24-21-9-5-4-8-18(20)21/h1-9,15,17,19,22,24-25H,10-14H2. The van der Waals surface area contributed by atoms with Gasteiger partial charge in [-0.3, -0.25) is 4.79 Å². The number of hydrogen-bond acceptors (Lipinski definition) is 2. The van der Waals surface area contributed by atoms with Gasteiger partial charge in [0.25, 0.3) is 0 Å². The van der Waals surface area contributed by atoms with E-state index in [4.69, 9.17) is 0 Å². The van der Waals surface area contributed by atoms with Crippen LogP contribution in [0.15, 0.2) is 60.8 Å². The molecule has 4 heteroatoms. The molecular weight excluding hydrogens is 334 g/mol. The number of carbonyl (C=O) groups excluding carboxylic acids is 1. The van der Waals surface area contributed by atoms with Crippen molar-refractivity contribution in [2.45, 2.75) is 37.3 Å². The number of likely N-dealkylation sites (tertiary alicyclic amines) is 1. The van der Waals surface area contributed by atoms with Crippen molar-refractivity contribution in [3.63, 3.8) is 0 Å². The highest BCUT2D eigenvalue weighted by molar-refractivity contribution is 5.85. The zero-order valence-electron chi connectivity index (χ0n) is 15.4. The van der Waals surface area contributed by atoms with Gasteiger partial charge in [-0.2, -0.15) is 0 Å². The van der Waals surface area contributed by atoms with Crippen molar-refractivity contribution in [2.75, 3.05) is 13.1 Å². The predicted octanol–water partition coefficient (Wildman–Crippen LogP) is 3.65. The number of carbonyl (C=O) groups is 1. The minimum Gasteiger partial charge on any atom is -0.361 e. The van der Waals surface area contributed by atoms with Crippen LogP contribution in [-0.2, 0) is 4.79 Å². The lowest BCUT2D eigenvalue weighted by molar-refractivity contribution is -0.129. The molecule has 2 atom stereocenters. The number of para-hydroxylation sites is 1. The van der Waals surface area contributed by atoms with Gasteiger partial charge in [-0.25, -0.2) is 0 Å². The molecule has 2 aromatic carbocycles. The average molecular weight is 359 g/mol. The van der Waals surface area contributed by atoms with Crippen LogP contribution in [0.2, 0.25) is 0 Å². The lowest BCUT2D eigenvalue weighted by Crippen LogP contribution is -2.40. The highest BCUT2D eigenvalue weighted by Crippen LogP contribution is 2.32. The van der Waals surface area contributed by atoms with Crippen LogP contribution < -0.4 is 5.32 Å². The maximum absolute atomic E-state index is 12.7. The second-order valence-corrected chi connectivity index (χ2v) is 7.77. The molecule has 2 fully saturated rings. The van der Waals surface area contributed by atoms with Gasteiger partial charge in [0, 0.05) is 42.1 Å². The van der Waals surface area contributed by atoms with Crippen LogP contribution in [0.3, 0.4) is 0 Å². The molecule has 2 aliphatic rings. The summed E-state index contributed by atoms with van der Waals surface area (Å²) in [7, 11) is 0. The van der Waals surface area contributed by atoms with Crippen LogP contribution in [0.5, 0.6) is 0 Å². The van der Waals surface area contributed by atoms with Gasteiger partial charge in [0.15, 0.2) is 0 Å². The molecule has 1 aliphatic carbocycles. The molecule has 3 aromatic rings. The molecule has 0 radical (unpaired) electrons. The fourth-order valence-electron chi connectivity index (χ4n) is 4.38. The SMILES string of the molecule is O=C1C(NCC(c2ccccc2)c2c[nH]c3ccccc23)CCN1C1CC1. The number of rotatable bonds is 6. The molecule has 1 saturated heterocycles. The molecule has 1 saturated carbocycles. The molecule has 4 nitrogen and oxygen atoms in total. The van der Waals surface area contributed by atoms with Crippen molar-refractivity contribution in [2.24, 2.45) is 0 Å². The van der Waals surface area contributed by atoms with E-state index in [1.165, 1.54) is 29.4 Å². The Bertz CT molecular complexity index is 944. The number of benzene rings is 2. The minimum absolute atomic E-state index is 0.0398. The third-order valence-electron chi connectivity index (χ3n) is 5.99. The molecule has 1 amide bonds. The largest absolute Gasteiger partial charge is 0.361 e. The number of nitrogens with one attached hydrogen (secondary N) is 2. The van der Waals surface area contributed by atoms with Crippen LogP contribution in [-0.4, -0.2) is 41.0 Å². The number of fused-ring (bicyclic) bond motifs is 1. The average Bonchev–Trinajstić information content (AvgIpc) is 3.36. The van der Waals surface area contributed by atoms with Gasteiger partial charge in [-0.05, 0) is 36.5 Å². The van der Waals surface area contributed by atoms with Gasteiger partial charge in [-0.1, -0.05) is 48.5 Å². The Morgan fingerprint density at radius 3 is 2.63 bits per heavy atom. The summed E-state index contributed by atoms with van der Waals surface area (Å²) in [6.07, 6.45) is 5.41. The predicted molar refractivity (Wildman–Crippen MR) is 108 cm³/mol. The Labute approximate surface area is 159 Å². The zero-order chi connectivity index (χ0) is 18.2. The Morgan fingerprint density at radius 2 is 1.81 bits per heavy atom. The minimum atomic E-state index is -0.0398. The van der Waals surface area contributed by atoms with Gasteiger partial charge in [0.2, 0.25) is 5.91 Å². The normalized spacial score (nSPS) is 21.1. The van der Waals surface area contributed by atoms with Crippen LogP contribution in [0.25, 0.3) is 10.9 Å². The number of hydrogen-bond donors (Lipinski definition) is 2. The zero-order valence-corrected chi connectivity index (χ0v) is 15.4. The van der Waals surface area contributed by atoms with Crippen molar-refractivity contribution in [3.8, 4) is 0 Å². The first-order valence-corrected chi connectivity index (χ1v) is 9.96. The smallest absolute Gasteiger partial charge is 0.240 e. The van der Waals surface area contributed by atoms with Crippen LogP contribution in [0.4, 0.5) is 0 Å². The van der Waals surface area contributed by atoms with Crippen LogP contribution in [0.1, 0.15) is 36.3 Å². The van der Waals surface area contributed by atoms with Crippen molar-refractivity contribution in [1.29, 1.82) is 0 Å². The molecule has 5 rings (SSSR count). The van der Waals surface area contributed by atoms with Gasteiger partial charge >= 0.3 is 0 Å². The van der Waals surface area contributed by atoms with E-state index < -0.39 is 0 Å². The second kappa shape index (κ2) is 6.86. The monoisotopic (exact) mass is 359 g/mol. The molecule has 2 heterocycles. The highest BCUT2D eigenvalue weighted by Gasteiger charge is 2.40. The Hall–Kier alpha value is -2.59. The molecular formula is C23H25N3O. The summed E-state index contributed by atoms with van der Waals surface area (Å²) in [6.45, 7) is 1.67. The molecule has 2 unspecified atom stereocenters. The topological polar surface area (TPSA) is 48.1 Å². The fourth-order valence-corrected chi connectivity index (χ4v) is 4.38. The fraction of sp³-hybridized carbons (Fsp3) is 0.348. The number of nitrogens with zero attached hydrogens (tertiary/aromatic N) is 1. The van der Waals surface area contributed by atoms with E-state index in [1.807, 2.05) is 0 Å². The van der Waals surface area contributed by atoms with Gasteiger partial charge in [0.1, 0.15) is 0 Å². The number of aromatic nitrogens is 1. The van der Waals surface area contributed by atoms with E-state index in [0.717, 1.165) is 25.0 Å². The number of aromatic amines is 1. The second-order valence-electron chi connectivity index (χ2n) is 7.77. The van der Waals surface area contributed by atoms with Crippen LogP contribution in [0, 0.1) is 0 Å². The molecule has 1 aromatic heterocycles. The molecule has 27 heavy (non-hydrogen) atoms.